The lowest BCUT2D eigenvalue weighted by molar-refractivity contribution is 0.565. The average Bonchev–Trinajstić information content (AvgIpc) is 3.39. The first kappa shape index (κ1) is 22.5. The van der Waals surface area contributed by atoms with Crippen molar-refractivity contribution < 1.29 is 12.8 Å². The Morgan fingerprint density at radius 3 is 2.75 bits per heavy atom. The van der Waals surface area contributed by atoms with Crippen molar-refractivity contribution in [1.29, 1.82) is 0 Å². The molecule has 0 aliphatic carbocycles. The third kappa shape index (κ3) is 4.05. The van der Waals surface area contributed by atoms with Crippen LogP contribution in [0.15, 0.2) is 93.6 Å². The van der Waals surface area contributed by atoms with E-state index in [-0.39, 0.29) is 4.90 Å². The Morgan fingerprint density at radius 1 is 1.08 bits per heavy atom. The predicted octanol–water partition coefficient (Wildman–Crippen LogP) is 3.68. The van der Waals surface area contributed by atoms with Crippen molar-refractivity contribution in [3.63, 3.8) is 0 Å². The quantitative estimate of drug-likeness (QED) is 0.382. The van der Waals surface area contributed by atoms with Crippen molar-refractivity contribution in [2.45, 2.75) is 24.0 Å². The molecule has 2 aromatic heterocycles. The average molecular weight is 501 g/mol. The smallest absolute Gasteiger partial charge is 0.261 e. The van der Waals surface area contributed by atoms with Gasteiger partial charge < -0.3 is 20.4 Å². The SMILES string of the molecule is NC1c2ccoc2N=C(c2cccnc2)N1c1ccc(NS(=O)(=O)c2ccc3c(c2)CNCC3)cc1. The third-order valence-corrected chi connectivity index (χ3v) is 7.78. The molecule has 4 N–H and O–H groups in total. The van der Waals surface area contributed by atoms with E-state index in [0.29, 0.717) is 24.0 Å². The molecule has 1 unspecified atom stereocenters. The Balaban J connectivity index is 1.29. The normalized spacial score (nSPS) is 17.2. The molecule has 4 heterocycles. The van der Waals surface area contributed by atoms with E-state index in [0.717, 1.165) is 35.3 Å². The minimum atomic E-state index is -3.74. The van der Waals surface area contributed by atoms with Crippen LogP contribution in [-0.4, -0.2) is 25.8 Å². The molecule has 182 valence electrons. The third-order valence-electron chi connectivity index (χ3n) is 6.40. The van der Waals surface area contributed by atoms with E-state index in [1.54, 1.807) is 49.0 Å². The Labute approximate surface area is 208 Å². The number of pyridine rings is 1. The van der Waals surface area contributed by atoms with E-state index in [1.165, 1.54) is 5.56 Å². The summed E-state index contributed by atoms with van der Waals surface area (Å²) < 4.78 is 34.3. The van der Waals surface area contributed by atoms with Gasteiger partial charge in [-0.1, -0.05) is 6.07 Å². The lowest BCUT2D eigenvalue weighted by atomic mass is 10.0. The summed E-state index contributed by atoms with van der Waals surface area (Å²) in [6.45, 7) is 1.57. The van der Waals surface area contributed by atoms with Crippen molar-refractivity contribution in [1.82, 2.24) is 10.3 Å². The van der Waals surface area contributed by atoms with E-state index in [4.69, 9.17) is 10.2 Å². The molecule has 0 radical (unpaired) electrons. The molecule has 0 fully saturated rings. The number of nitrogens with one attached hydrogen (secondary N) is 2. The highest BCUT2D eigenvalue weighted by Crippen LogP contribution is 2.37. The zero-order valence-electron chi connectivity index (χ0n) is 19.3. The van der Waals surface area contributed by atoms with Crippen LogP contribution in [0.5, 0.6) is 0 Å². The number of benzene rings is 2. The van der Waals surface area contributed by atoms with Gasteiger partial charge in [-0.3, -0.25) is 9.71 Å². The summed E-state index contributed by atoms with van der Waals surface area (Å²) >= 11 is 0. The van der Waals surface area contributed by atoms with Crippen LogP contribution in [0.2, 0.25) is 0 Å². The van der Waals surface area contributed by atoms with Crippen molar-refractivity contribution in [2.75, 3.05) is 16.2 Å². The minimum absolute atomic E-state index is 0.241. The molecule has 0 bridgehead atoms. The first-order valence-electron chi connectivity index (χ1n) is 11.6. The van der Waals surface area contributed by atoms with Gasteiger partial charge in [0.2, 0.25) is 5.88 Å². The molecule has 10 heteroatoms. The van der Waals surface area contributed by atoms with Gasteiger partial charge in [0.25, 0.3) is 10.0 Å². The Kier molecular flexibility index (Phi) is 5.56. The van der Waals surface area contributed by atoms with Crippen LogP contribution >= 0.6 is 0 Å². The fraction of sp³-hybridized carbons (Fsp3) is 0.154. The standard InChI is InChI=1S/C26H24N6O3S/c27-24-23-10-13-35-26(23)30-25(18-2-1-11-28-15-18)32(24)21-6-4-20(5-7-21)31-36(33,34)22-8-3-17-9-12-29-16-19(17)14-22/h1-8,10-11,13-15,24,29,31H,9,12,16,27H2. The number of nitrogens with two attached hydrogens (primary N) is 1. The summed E-state index contributed by atoms with van der Waals surface area (Å²) in [4.78, 5) is 11.0. The maximum absolute atomic E-state index is 13.1. The molecule has 2 aliphatic rings. The summed E-state index contributed by atoms with van der Waals surface area (Å²) in [5, 5.41) is 3.28. The topological polar surface area (TPSA) is 126 Å². The highest BCUT2D eigenvalue weighted by atomic mass is 32.2. The van der Waals surface area contributed by atoms with Crippen LogP contribution < -0.4 is 20.7 Å². The number of fused-ring (bicyclic) bond motifs is 2. The molecule has 6 rings (SSSR count). The summed E-state index contributed by atoms with van der Waals surface area (Å²) in [5.74, 6) is 1.05. The summed E-state index contributed by atoms with van der Waals surface area (Å²) in [7, 11) is -3.74. The monoisotopic (exact) mass is 500 g/mol. The van der Waals surface area contributed by atoms with Crippen LogP contribution in [0.1, 0.15) is 28.4 Å². The highest BCUT2D eigenvalue weighted by molar-refractivity contribution is 7.92. The first-order chi connectivity index (χ1) is 17.5. The van der Waals surface area contributed by atoms with Crippen LogP contribution in [0.4, 0.5) is 17.3 Å². The Hall–Kier alpha value is -3.99. The van der Waals surface area contributed by atoms with Gasteiger partial charge in [-0.2, -0.15) is 4.99 Å². The fourth-order valence-corrected chi connectivity index (χ4v) is 5.67. The molecule has 9 nitrogen and oxygen atoms in total. The number of hydrogen-bond donors (Lipinski definition) is 3. The Morgan fingerprint density at radius 2 is 1.94 bits per heavy atom. The molecule has 0 spiro atoms. The van der Waals surface area contributed by atoms with Gasteiger partial charge in [0.15, 0.2) is 0 Å². The molecule has 2 aromatic carbocycles. The van der Waals surface area contributed by atoms with E-state index < -0.39 is 16.2 Å². The highest BCUT2D eigenvalue weighted by Gasteiger charge is 2.31. The second kappa shape index (κ2) is 8.90. The number of furan rings is 1. The minimum Gasteiger partial charge on any atom is -0.446 e. The van der Waals surface area contributed by atoms with Gasteiger partial charge >= 0.3 is 0 Å². The van der Waals surface area contributed by atoms with Gasteiger partial charge in [-0.15, -0.1) is 0 Å². The number of aromatic nitrogens is 1. The van der Waals surface area contributed by atoms with E-state index in [9.17, 15) is 8.42 Å². The molecule has 1 atom stereocenters. The Bertz CT molecular complexity index is 1550. The molecule has 0 amide bonds. The van der Waals surface area contributed by atoms with Crippen molar-refractivity contribution in [3.8, 4) is 0 Å². The molecule has 0 saturated heterocycles. The molecular formula is C26H24N6O3S. The summed E-state index contributed by atoms with van der Waals surface area (Å²) in [5.41, 5.74) is 11.5. The molecule has 4 aromatic rings. The van der Waals surface area contributed by atoms with Crippen LogP contribution in [0.25, 0.3) is 0 Å². The number of sulfonamides is 1. The lowest BCUT2D eigenvalue weighted by Crippen LogP contribution is -2.42. The molecule has 2 aliphatic heterocycles. The largest absolute Gasteiger partial charge is 0.446 e. The van der Waals surface area contributed by atoms with E-state index in [2.05, 4.69) is 20.0 Å². The van der Waals surface area contributed by atoms with E-state index >= 15 is 0 Å². The van der Waals surface area contributed by atoms with Gasteiger partial charge in [0.1, 0.15) is 12.0 Å². The number of nitrogens with zero attached hydrogens (tertiary/aromatic N) is 3. The lowest BCUT2D eigenvalue weighted by Gasteiger charge is -2.34. The number of hydrogen-bond acceptors (Lipinski definition) is 8. The predicted molar refractivity (Wildman–Crippen MR) is 138 cm³/mol. The number of anilines is 2. The van der Waals surface area contributed by atoms with Crippen LogP contribution in [0.3, 0.4) is 0 Å². The van der Waals surface area contributed by atoms with Gasteiger partial charge in [-0.05, 0) is 78.7 Å². The summed E-state index contributed by atoms with van der Waals surface area (Å²) in [6.07, 6.45) is 5.32. The zero-order chi connectivity index (χ0) is 24.7. The molecular weight excluding hydrogens is 476 g/mol. The second-order valence-corrected chi connectivity index (χ2v) is 10.4. The van der Waals surface area contributed by atoms with Crippen molar-refractivity contribution >= 4 is 33.1 Å². The number of amidine groups is 1. The maximum atomic E-state index is 13.1. The van der Waals surface area contributed by atoms with Crippen molar-refractivity contribution in [3.05, 3.63) is 102 Å². The van der Waals surface area contributed by atoms with Gasteiger partial charge in [0.05, 0.1) is 16.7 Å². The molecule has 0 saturated carbocycles. The number of aliphatic imine (C=N–C) groups is 1. The fourth-order valence-electron chi connectivity index (χ4n) is 4.56. The van der Waals surface area contributed by atoms with E-state index in [1.807, 2.05) is 35.2 Å². The van der Waals surface area contributed by atoms with Gasteiger partial charge in [0, 0.05) is 35.9 Å². The van der Waals surface area contributed by atoms with Crippen LogP contribution in [0, 0.1) is 0 Å². The zero-order valence-corrected chi connectivity index (χ0v) is 20.1. The first-order valence-corrected chi connectivity index (χ1v) is 13.0. The maximum Gasteiger partial charge on any atom is 0.261 e. The van der Waals surface area contributed by atoms with Crippen molar-refractivity contribution in [2.24, 2.45) is 10.7 Å². The summed E-state index contributed by atoms with van der Waals surface area (Å²) in [6, 6.07) is 17.9. The second-order valence-electron chi connectivity index (χ2n) is 8.68. The van der Waals surface area contributed by atoms with Gasteiger partial charge in [-0.25, -0.2) is 8.42 Å². The molecule has 36 heavy (non-hydrogen) atoms. The van der Waals surface area contributed by atoms with Crippen LogP contribution in [-0.2, 0) is 23.0 Å². The number of rotatable bonds is 5.